The van der Waals surface area contributed by atoms with Gasteiger partial charge in [0.05, 0.1) is 12.0 Å². The molecule has 0 heterocycles. The van der Waals surface area contributed by atoms with Crippen LogP contribution in [-0.4, -0.2) is 0 Å². The molecule has 0 saturated carbocycles. The van der Waals surface area contributed by atoms with Gasteiger partial charge in [0.2, 0.25) is 0 Å². The molecule has 0 fully saturated rings. The summed E-state index contributed by atoms with van der Waals surface area (Å²) < 4.78 is 0. The molecule has 0 N–H and O–H groups in total. The van der Waals surface area contributed by atoms with E-state index in [1.807, 2.05) is 12.1 Å². The highest BCUT2D eigenvalue weighted by Gasteiger charge is 2.17. The average Bonchev–Trinajstić information content (AvgIpc) is 2.38. The maximum Gasteiger partial charge on any atom is 0.0758 e. The van der Waals surface area contributed by atoms with E-state index in [1.54, 1.807) is 0 Å². The minimum atomic E-state index is -0.0725. The third kappa shape index (κ3) is 2.91. The Morgan fingerprint density at radius 1 is 0.950 bits per heavy atom. The lowest BCUT2D eigenvalue weighted by Crippen LogP contribution is -2.06. The smallest absolute Gasteiger partial charge is 0.0758 e. The summed E-state index contributed by atoms with van der Waals surface area (Å²) in [7, 11) is 0. The summed E-state index contributed by atoms with van der Waals surface area (Å²) in [6, 6.07) is 15.2. The second kappa shape index (κ2) is 5.92. The van der Waals surface area contributed by atoms with Gasteiger partial charge in [-0.3, -0.25) is 0 Å². The van der Waals surface area contributed by atoms with Crippen molar-refractivity contribution in [2.75, 3.05) is 0 Å². The minimum Gasteiger partial charge on any atom is -0.198 e. The molecule has 0 aliphatic heterocycles. The summed E-state index contributed by atoms with van der Waals surface area (Å²) in [6.45, 7) is 8.43. The Morgan fingerprint density at radius 2 is 1.55 bits per heavy atom. The van der Waals surface area contributed by atoms with Crippen molar-refractivity contribution in [2.24, 2.45) is 0 Å². The van der Waals surface area contributed by atoms with Crippen molar-refractivity contribution >= 4 is 0 Å². The van der Waals surface area contributed by atoms with E-state index >= 15 is 0 Å². The maximum absolute atomic E-state index is 9.60. The van der Waals surface area contributed by atoms with Crippen LogP contribution in [0.15, 0.2) is 36.4 Å². The van der Waals surface area contributed by atoms with Crippen LogP contribution in [0.3, 0.4) is 0 Å². The molecule has 102 valence electrons. The zero-order chi connectivity index (χ0) is 14.7. The number of hydrogen-bond donors (Lipinski definition) is 0. The number of benzene rings is 2. The van der Waals surface area contributed by atoms with Crippen molar-refractivity contribution in [1.29, 1.82) is 5.26 Å². The van der Waals surface area contributed by atoms with Gasteiger partial charge in [0.25, 0.3) is 0 Å². The van der Waals surface area contributed by atoms with Gasteiger partial charge in [-0.1, -0.05) is 42.0 Å². The molecule has 0 aliphatic rings. The van der Waals surface area contributed by atoms with E-state index < -0.39 is 0 Å². The fourth-order valence-electron chi connectivity index (χ4n) is 3.01. The second-order valence-electron chi connectivity index (χ2n) is 5.62. The molecule has 1 heteroatoms. The summed E-state index contributed by atoms with van der Waals surface area (Å²) in [5, 5.41) is 9.60. The van der Waals surface area contributed by atoms with Gasteiger partial charge in [-0.25, -0.2) is 0 Å². The van der Waals surface area contributed by atoms with Gasteiger partial charge < -0.3 is 0 Å². The quantitative estimate of drug-likeness (QED) is 0.782. The van der Waals surface area contributed by atoms with E-state index in [2.05, 4.69) is 58.0 Å². The van der Waals surface area contributed by atoms with Crippen molar-refractivity contribution in [1.82, 2.24) is 0 Å². The van der Waals surface area contributed by atoms with E-state index in [4.69, 9.17) is 0 Å². The van der Waals surface area contributed by atoms with Gasteiger partial charge >= 0.3 is 0 Å². The van der Waals surface area contributed by atoms with Crippen LogP contribution in [0, 0.1) is 39.0 Å². The lowest BCUT2D eigenvalue weighted by Gasteiger charge is -2.17. The predicted octanol–water partition coefficient (Wildman–Crippen LogP) is 4.77. The first-order valence-corrected chi connectivity index (χ1v) is 7.04. The Morgan fingerprint density at radius 3 is 2.10 bits per heavy atom. The molecule has 2 rings (SSSR count). The first-order chi connectivity index (χ1) is 9.52. The highest BCUT2D eigenvalue weighted by atomic mass is 14.3. The van der Waals surface area contributed by atoms with Gasteiger partial charge in [0.1, 0.15) is 0 Å². The summed E-state index contributed by atoms with van der Waals surface area (Å²) in [5.74, 6) is -0.0725. The number of nitriles is 1. The van der Waals surface area contributed by atoms with E-state index in [0.717, 1.165) is 6.42 Å². The Bertz CT molecular complexity index is 639. The monoisotopic (exact) mass is 263 g/mol. The maximum atomic E-state index is 9.60. The molecular weight excluding hydrogens is 242 g/mol. The van der Waals surface area contributed by atoms with Crippen molar-refractivity contribution in [3.8, 4) is 6.07 Å². The van der Waals surface area contributed by atoms with Crippen LogP contribution in [0.5, 0.6) is 0 Å². The lowest BCUT2D eigenvalue weighted by molar-refractivity contribution is 0.827. The van der Waals surface area contributed by atoms with Crippen molar-refractivity contribution in [3.63, 3.8) is 0 Å². The zero-order valence-electron chi connectivity index (χ0n) is 12.7. The third-order valence-corrected chi connectivity index (χ3v) is 3.93. The van der Waals surface area contributed by atoms with Gasteiger partial charge in [-0.05, 0) is 61.9 Å². The number of aryl methyl sites for hydroxylation is 4. The molecular formula is C19H21N. The second-order valence-corrected chi connectivity index (χ2v) is 5.62. The van der Waals surface area contributed by atoms with Crippen LogP contribution in [0.4, 0.5) is 0 Å². The predicted molar refractivity (Wildman–Crippen MR) is 83.9 cm³/mol. The molecule has 0 bridgehead atoms. The molecule has 1 atom stereocenters. The summed E-state index contributed by atoms with van der Waals surface area (Å²) in [4.78, 5) is 0. The van der Waals surface area contributed by atoms with E-state index in [-0.39, 0.29) is 5.92 Å². The van der Waals surface area contributed by atoms with Gasteiger partial charge in [-0.15, -0.1) is 0 Å². The summed E-state index contributed by atoms with van der Waals surface area (Å²) in [6.07, 6.45) is 0.786. The number of rotatable bonds is 3. The van der Waals surface area contributed by atoms with Crippen LogP contribution in [0.1, 0.15) is 39.3 Å². The Kier molecular flexibility index (Phi) is 4.25. The van der Waals surface area contributed by atoms with Crippen LogP contribution in [-0.2, 0) is 6.42 Å². The fraction of sp³-hybridized carbons (Fsp3) is 0.316. The average molecular weight is 263 g/mol. The fourth-order valence-corrected chi connectivity index (χ4v) is 3.01. The minimum absolute atomic E-state index is 0.0725. The lowest BCUT2D eigenvalue weighted by atomic mass is 9.85. The van der Waals surface area contributed by atoms with E-state index in [1.165, 1.54) is 33.4 Å². The molecule has 0 radical (unpaired) electrons. The van der Waals surface area contributed by atoms with Crippen molar-refractivity contribution in [2.45, 2.75) is 40.0 Å². The Hall–Kier alpha value is -2.07. The number of hydrogen-bond acceptors (Lipinski definition) is 1. The number of nitrogens with zero attached hydrogens (tertiary/aromatic N) is 1. The molecule has 0 spiro atoms. The van der Waals surface area contributed by atoms with E-state index in [0.29, 0.717) is 0 Å². The van der Waals surface area contributed by atoms with Gasteiger partial charge in [0.15, 0.2) is 0 Å². The Balaban J connectivity index is 2.40. The summed E-state index contributed by atoms with van der Waals surface area (Å²) in [5.41, 5.74) is 7.43. The van der Waals surface area contributed by atoms with Gasteiger partial charge in [-0.2, -0.15) is 5.26 Å². The Labute approximate surface area is 121 Å². The highest BCUT2D eigenvalue weighted by molar-refractivity contribution is 5.43. The molecule has 2 aromatic carbocycles. The first-order valence-electron chi connectivity index (χ1n) is 7.04. The van der Waals surface area contributed by atoms with Crippen LogP contribution in [0.25, 0.3) is 0 Å². The molecule has 20 heavy (non-hydrogen) atoms. The molecule has 1 nitrogen and oxygen atoms in total. The molecule has 0 aromatic heterocycles. The first kappa shape index (κ1) is 14.3. The zero-order valence-corrected chi connectivity index (χ0v) is 12.7. The van der Waals surface area contributed by atoms with E-state index in [9.17, 15) is 5.26 Å². The van der Waals surface area contributed by atoms with Crippen molar-refractivity contribution in [3.05, 3.63) is 69.8 Å². The molecule has 1 unspecified atom stereocenters. The van der Waals surface area contributed by atoms with Crippen LogP contribution in [0.2, 0.25) is 0 Å². The molecule has 2 aromatic rings. The van der Waals surface area contributed by atoms with Gasteiger partial charge in [0, 0.05) is 0 Å². The topological polar surface area (TPSA) is 23.8 Å². The molecule has 0 aliphatic carbocycles. The summed E-state index contributed by atoms with van der Waals surface area (Å²) >= 11 is 0. The largest absolute Gasteiger partial charge is 0.198 e. The molecule has 0 amide bonds. The normalized spacial score (nSPS) is 11.9. The van der Waals surface area contributed by atoms with Crippen molar-refractivity contribution < 1.29 is 0 Å². The highest BCUT2D eigenvalue weighted by Crippen LogP contribution is 2.28. The molecule has 0 saturated heterocycles. The van der Waals surface area contributed by atoms with Crippen LogP contribution >= 0.6 is 0 Å². The van der Waals surface area contributed by atoms with Crippen LogP contribution < -0.4 is 0 Å². The third-order valence-electron chi connectivity index (χ3n) is 3.93. The standard InChI is InChI=1S/C19H21N/c1-13-9-15(3)19(16(4)10-13)18(12-20)11-17-8-6-5-7-14(17)2/h5-10,18H,11H2,1-4H3. The SMILES string of the molecule is Cc1cc(C)c(C(C#N)Cc2ccccc2C)c(C)c1.